The van der Waals surface area contributed by atoms with Crippen LogP contribution in [-0.4, -0.2) is 38.3 Å². The van der Waals surface area contributed by atoms with Crippen LogP contribution in [0.25, 0.3) is 0 Å². The lowest BCUT2D eigenvalue weighted by atomic mass is 9.96. The maximum absolute atomic E-state index is 12.9. The molecule has 0 spiro atoms. The molecule has 0 aliphatic carbocycles. The molecule has 1 atom stereocenters. The molecule has 138 valence electrons. The number of anilines is 1. The summed E-state index contributed by atoms with van der Waals surface area (Å²) in [5, 5.41) is 0.460. The number of hydrogen-bond donors (Lipinski definition) is 0. The minimum Gasteiger partial charge on any atom is -0.308 e. The van der Waals surface area contributed by atoms with Crippen LogP contribution in [0.4, 0.5) is 5.69 Å². The van der Waals surface area contributed by atoms with Gasteiger partial charge in [-0.25, -0.2) is 8.42 Å². The van der Waals surface area contributed by atoms with Crippen LogP contribution in [0.5, 0.6) is 0 Å². The number of carbonyl (C=O) groups excluding carboxylic acids is 1. The van der Waals surface area contributed by atoms with Crippen molar-refractivity contribution in [3.63, 3.8) is 0 Å². The molecule has 26 heavy (non-hydrogen) atoms. The Morgan fingerprint density at radius 1 is 1.19 bits per heavy atom. The number of aryl methyl sites for hydroxylation is 1. The van der Waals surface area contributed by atoms with Crippen LogP contribution in [0.1, 0.15) is 18.9 Å². The number of rotatable bonds is 4. The van der Waals surface area contributed by atoms with Gasteiger partial charge in [-0.15, -0.1) is 0 Å². The van der Waals surface area contributed by atoms with Gasteiger partial charge in [-0.1, -0.05) is 29.8 Å². The van der Waals surface area contributed by atoms with Gasteiger partial charge in [-0.2, -0.15) is 4.31 Å². The first-order chi connectivity index (χ1) is 12.3. The number of amides is 1. The molecule has 0 saturated carbocycles. The summed E-state index contributed by atoms with van der Waals surface area (Å²) in [5.41, 5.74) is 1.98. The van der Waals surface area contributed by atoms with Gasteiger partial charge in [0.1, 0.15) is 0 Å². The smallest absolute Gasteiger partial charge is 0.243 e. The fourth-order valence-corrected chi connectivity index (χ4v) is 4.45. The van der Waals surface area contributed by atoms with Crippen molar-refractivity contribution in [2.24, 2.45) is 0 Å². The molecule has 0 saturated heterocycles. The lowest BCUT2D eigenvalue weighted by Gasteiger charge is -2.36. The molecular formula is C19H21ClN2O3S. The molecule has 0 N–H and O–H groups in total. The highest BCUT2D eigenvalue weighted by Gasteiger charge is 2.31. The highest BCUT2D eigenvalue weighted by atomic mass is 35.5. The second-order valence-corrected chi connectivity index (χ2v) is 8.98. The van der Waals surface area contributed by atoms with Crippen molar-refractivity contribution in [3.05, 3.63) is 59.1 Å². The molecular weight excluding hydrogens is 372 g/mol. The summed E-state index contributed by atoms with van der Waals surface area (Å²) in [4.78, 5) is 14.7. The van der Waals surface area contributed by atoms with Crippen LogP contribution < -0.4 is 4.90 Å². The maximum Gasteiger partial charge on any atom is 0.243 e. The van der Waals surface area contributed by atoms with E-state index in [-0.39, 0.29) is 23.4 Å². The zero-order chi connectivity index (χ0) is 18.9. The second-order valence-electron chi connectivity index (χ2n) is 6.50. The van der Waals surface area contributed by atoms with E-state index in [0.717, 1.165) is 28.4 Å². The van der Waals surface area contributed by atoms with Gasteiger partial charge in [-0.05, 0) is 55.7 Å². The Kier molecular flexibility index (Phi) is 5.37. The van der Waals surface area contributed by atoms with Crippen LogP contribution in [-0.2, 0) is 21.2 Å². The second kappa shape index (κ2) is 7.39. The molecule has 0 radical (unpaired) electrons. The molecule has 0 aromatic heterocycles. The summed E-state index contributed by atoms with van der Waals surface area (Å²) >= 11 is 5.82. The lowest BCUT2D eigenvalue weighted by Crippen LogP contribution is -2.47. The van der Waals surface area contributed by atoms with Crippen molar-refractivity contribution in [1.82, 2.24) is 4.31 Å². The van der Waals surface area contributed by atoms with Gasteiger partial charge in [0, 0.05) is 23.8 Å². The Bertz CT molecular complexity index is 913. The average Bonchev–Trinajstić information content (AvgIpc) is 2.61. The van der Waals surface area contributed by atoms with E-state index in [2.05, 4.69) is 0 Å². The molecule has 1 heterocycles. The molecule has 1 aliphatic heterocycles. The van der Waals surface area contributed by atoms with E-state index in [1.807, 2.05) is 31.2 Å². The van der Waals surface area contributed by atoms with Crippen molar-refractivity contribution in [1.29, 1.82) is 0 Å². The molecule has 2 aromatic carbocycles. The minimum atomic E-state index is -3.76. The van der Waals surface area contributed by atoms with Crippen LogP contribution >= 0.6 is 11.6 Å². The van der Waals surface area contributed by atoms with Crippen LogP contribution in [0.15, 0.2) is 53.4 Å². The van der Waals surface area contributed by atoms with Gasteiger partial charge in [-0.3, -0.25) is 4.79 Å². The summed E-state index contributed by atoms with van der Waals surface area (Å²) in [7, 11) is -2.34. The van der Waals surface area contributed by atoms with Crippen LogP contribution in [0.3, 0.4) is 0 Å². The number of halogens is 1. The molecule has 1 unspecified atom stereocenters. The minimum absolute atomic E-state index is 0.0315. The lowest BCUT2D eigenvalue weighted by molar-refractivity contribution is -0.119. The fraction of sp³-hybridized carbons (Fsp3) is 0.316. The summed E-state index contributed by atoms with van der Waals surface area (Å²) in [6.45, 7) is 1.77. The SMILES string of the molecule is CC1CCc2ccccc2N1C(=O)CN(C)S(=O)(=O)c1ccc(Cl)cc1. The number of hydrogen-bond acceptors (Lipinski definition) is 3. The molecule has 7 heteroatoms. The Morgan fingerprint density at radius 3 is 2.54 bits per heavy atom. The van der Waals surface area contributed by atoms with E-state index in [1.165, 1.54) is 31.3 Å². The Balaban J connectivity index is 1.82. The Labute approximate surface area is 159 Å². The maximum atomic E-state index is 12.9. The predicted octanol–water partition coefficient (Wildman–Crippen LogP) is 3.33. The normalized spacial score (nSPS) is 17.2. The van der Waals surface area contributed by atoms with Crippen molar-refractivity contribution in [2.75, 3.05) is 18.5 Å². The summed E-state index contributed by atoms with van der Waals surface area (Å²) in [6.07, 6.45) is 1.77. The van der Waals surface area contributed by atoms with Crippen molar-refractivity contribution < 1.29 is 13.2 Å². The molecule has 0 bridgehead atoms. The van der Waals surface area contributed by atoms with Gasteiger partial charge in [0.15, 0.2) is 0 Å². The van der Waals surface area contributed by atoms with Gasteiger partial charge < -0.3 is 4.90 Å². The highest BCUT2D eigenvalue weighted by molar-refractivity contribution is 7.89. The number of para-hydroxylation sites is 1. The van der Waals surface area contributed by atoms with Gasteiger partial charge in [0.25, 0.3) is 0 Å². The largest absolute Gasteiger partial charge is 0.308 e. The predicted molar refractivity (Wildman–Crippen MR) is 103 cm³/mol. The van der Waals surface area contributed by atoms with E-state index in [4.69, 9.17) is 11.6 Å². The Morgan fingerprint density at radius 2 is 1.85 bits per heavy atom. The van der Waals surface area contributed by atoms with E-state index in [0.29, 0.717) is 5.02 Å². The zero-order valence-electron chi connectivity index (χ0n) is 14.7. The number of carbonyl (C=O) groups is 1. The first kappa shape index (κ1) is 18.9. The first-order valence-corrected chi connectivity index (χ1v) is 10.2. The molecule has 3 rings (SSSR count). The summed E-state index contributed by atoms with van der Waals surface area (Å²) in [5.74, 6) is -0.232. The monoisotopic (exact) mass is 392 g/mol. The molecule has 0 fully saturated rings. The third-order valence-electron chi connectivity index (χ3n) is 4.67. The van der Waals surface area contributed by atoms with Crippen LogP contribution in [0, 0.1) is 0 Å². The first-order valence-electron chi connectivity index (χ1n) is 8.42. The molecule has 2 aromatic rings. The molecule has 5 nitrogen and oxygen atoms in total. The topological polar surface area (TPSA) is 57.7 Å². The van der Waals surface area contributed by atoms with E-state index < -0.39 is 10.0 Å². The zero-order valence-corrected chi connectivity index (χ0v) is 16.3. The summed E-state index contributed by atoms with van der Waals surface area (Å²) in [6, 6.07) is 13.7. The quantitative estimate of drug-likeness (QED) is 0.801. The Hall–Kier alpha value is -1.89. The number of fused-ring (bicyclic) bond motifs is 1. The van der Waals surface area contributed by atoms with Gasteiger partial charge in [0.05, 0.1) is 11.4 Å². The highest BCUT2D eigenvalue weighted by Crippen LogP contribution is 2.30. The number of nitrogens with zero attached hydrogens (tertiary/aromatic N) is 2. The van der Waals surface area contributed by atoms with Crippen molar-refractivity contribution in [3.8, 4) is 0 Å². The van der Waals surface area contributed by atoms with Gasteiger partial charge >= 0.3 is 0 Å². The third kappa shape index (κ3) is 3.63. The van der Waals surface area contributed by atoms with E-state index >= 15 is 0 Å². The average molecular weight is 393 g/mol. The molecule has 1 aliphatic rings. The summed E-state index contributed by atoms with van der Waals surface area (Å²) < 4.78 is 26.5. The third-order valence-corrected chi connectivity index (χ3v) is 6.74. The number of likely N-dealkylation sites (N-methyl/N-ethyl adjacent to an activating group) is 1. The van der Waals surface area contributed by atoms with Crippen molar-refractivity contribution >= 4 is 33.2 Å². The van der Waals surface area contributed by atoms with Crippen LogP contribution in [0.2, 0.25) is 5.02 Å². The fourth-order valence-electron chi connectivity index (χ4n) is 3.21. The van der Waals surface area contributed by atoms with Gasteiger partial charge in [0.2, 0.25) is 15.9 Å². The van der Waals surface area contributed by atoms with E-state index in [9.17, 15) is 13.2 Å². The van der Waals surface area contributed by atoms with Crippen molar-refractivity contribution in [2.45, 2.75) is 30.7 Å². The standard InChI is InChI=1S/C19H21ClN2O3S/c1-14-7-8-15-5-3-4-6-18(15)22(14)19(23)13-21(2)26(24,25)17-11-9-16(20)10-12-17/h3-6,9-12,14H,7-8,13H2,1-2H3. The molecule has 1 amide bonds. The van der Waals surface area contributed by atoms with E-state index in [1.54, 1.807) is 4.90 Å². The number of benzene rings is 2. The number of sulfonamides is 1.